The summed E-state index contributed by atoms with van der Waals surface area (Å²) in [6.45, 7) is 6.25. The Morgan fingerprint density at radius 2 is 1.82 bits per heavy atom. The van der Waals surface area contributed by atoms with Crippen molar-refractivity contribution in [1.82, 2.24) is 10.2 Å². The largest absolute Gasteiger partial charge is 0.322 e. The molecule has 17 heavy (non-hydrogen) atoms. The molecular weight excluding hydrogens is 230 g/mol. The fourth-order valence-electron chi connectivity index (χ4n) is 1.65. The number of rotatable bonds is 3. The van der Waals surface area contributed by atoms with E-state index in [2.05, 4.69) is 36.2 Å². The third kappa shape index (κ3) is 2.37. The van der Waals surface area contributed by atoms with Crippen LogP contribution in [0.3, 0.4) is 0 Å². The highest BCUT2D eigenvalue weighted by molar-refractivity contribution is 7.11. The summed E-state index contributed by atoms with van der Waals surface area (Å²) in [6, 6.07) is 10.3. The van der Waals surface area contributed by atoms with Crippen LogP contribution in [0.5, 0.6) is 0 Å². The molecule has 0 aliphatic carbocycles. The zero-order valence-electron chi connectivity index (χ0n) is 10.3. The average molecular weight is 247 g/mol. The van der Waals surface area contributed by atoms with Gasteiger partial charge in [-0.05, 0) is 26.3 Å². The zero-order chi connectivity index (χ0) is 12.5. The average Bonchev–Trinajstić information content (AvgIpc) is 2.80. The standard InChI is InChI=1S/C13H17N3S/c1-9(14)11-15-16-12(17-11)13(2,3)10-7-5-4-6-8-10/h4-9H,14H2,1-3H3. The van der Waals surface area contributed by atoms with Crippen molar-refractivity contribution >= 4 is 11.3 Å². The van der Waals surface area contributed by atoms with Crippen molar-refractivity contribution in [2.24, 2.45) is 5.73 Å². The molecule has 2 aromatic rings. The van der Waals surface area contributed by atoms with Gasteiger partial charge in [-0.1, -0.05) is 41.7 Å². The highest BCUT2D eigenvalue weighted by atomic mass is 32.1. The van der Waals surface area contributed by atoms with Crippen LogP contribution in [0.4, 0.5) is 0 Å². The molecule has 0 aliphatic heterocycles. The zero-order valence-corrected chi connectivity index (χ0v) is 11.2. The van der Waals surface area contributed by atoms with Crippen LogP contribution in [-0.2, 0) is 5.41 Å². The van der Waals surface area contributed by atoms with E-state index in [4.69, 9.17) is 5.73 Å². The molecule has 1 aromatic heterocycles. The van der Waals surface area contributed by atoms with E-state index in [1.54, 1.807) is 11.3 Å². The van der Waals surface area contributed by atoms with Crippen molar-refractivity contribution in [3.63, 3.8) is 0 Å². The summed E-state index contributed by atoms with van der Waals surface area (Å²) in [5.41, 5.74) is 6.94. The van der Waals surface area contributed by atoms with Crippen LogP contribution in [0.25, 0.3) is 0 Å². The van der Waals surface area contributed by atoms with Crippen molar-refractivity contribution in [1.29, 1.82) is 0 Å². The molecule has 3 nitrogen and oxygen atoms in total. The van der Waals surface area contributed by atoms with Crippen molar-refractivity contribution < 1.29 is 0 Å². The van der Waals surface area contributed by atoms with E-state index < -0.39 is 0 Å². The Morgan fingerprint density at radius 1 is 1.18 bits per heavy atom. The first-order chi connectivity index (χ1) is 8.01. The Balaban J connectivity index is 2.37. The SMILES string of the molecule is CC(N)c1nnc(C(C)(C)c2ccccc2)s1. The molecule has 0 aliphatic rings. The molecule has 1 unspecified atom stereocenters. The van der Waals surface area contributed by atoms with E-state index in [0.717, 1.165) is 10.0 Å². The van der Waals surface area contributed by atoms with E-state index in [1.165, 1.54) is 5.56 Å². The van der Waals surface area contributed by atoms with Crippen LogP contribution < -0.4 is 5.73 Å². The minimum Gasteiger partial charge on any atom is -0.322 e. The molecule has 2 rings (SSSR count). The maximum atomic E-state index is 5.82. The van der Waals surface area contributed by atoms with Gasteiger partial charge in [-0.2, -0.15) is 0 Å². The molecule has 2 N–H and O–H groups in total. The van der Waals surface area contributed by atoms with E-state index in [9.17, 15) is 0 Å². The van der Waals surface area contributed by atoms with Gasteiger partial charge in [0, 0.05) is 5.41 Å². The third-order valence-corrected chi connectivity index (χ3v) is 4.31. The lowest BCUT2D eigenvalue weighted by Gasteiger charge is -2.21. The highest BCUT2D eigenvalue weighted by Crippen LogP contribution is 2.33. The summed E-state index contributed by atoms with van der Waals surface area (Å²) < 4.78 is 0. The Hall–Kier alpha value is -1.26. The molecule has 0 spiro atoms. The Kier molecular flexibility index (Phi) is 3.26. The predicted octanol–water partition coefficient (Wildman–Crippen LogP) is 2.88. The van der Waals surface area contributed by atoms with Gasteiger partial charge in [0.25, 0.3) is 0 Å². The molecular formula is C13H17N3S. The molecule has 0 amide bonds. The van der Waals surface area contributed by atoms with Crippen LogP contribution in [-0.4, -0.2) is 10.2 Å². The number of nitrogens with two attached hydrogens (primary N) is 1. The molecule has 0 saturated heterocycles. The summed E-state index contributed by atoms with van der Waals surface area (Å²) in [4.78, 5) is 0. The predicted molar refractivity (Wildman–Crippen MR) is 71.1 cm³/mol. The van der Waals surface area contributed by atoms with E-state index >= 15 is 0 Å². The summed E-state index contributed by atoms with van der Waals surface area (Å²) >= 11 is 1.60. The highest BCUT2D eigenvalue weighted by Gasteiger charge is 2.27. The van der Waals surface area contributed by atoms with Gasteiger partial charge in [-0.25, -0.2) is 0 Å². The van der Waals surface area contributed by atoms with Crippen LogP contribution >= 0.6 is 11.3 Å². The fourth-order valence-corrected chi connectivity index (χ4v) is 2.57. The lowest BCUT2D eigenvalue weighted by Crippen LogP contribution is -2.18. The Morgan fingerprint density at radius 3 is 2.35 bits per heavy atom. The van der Waals surface area contributed by atoms with Gasteiger partial charge in [0.05, 0.1) is 6.04 Å². The maximum absolute atomic E-state index is 5.82. The monoisotopic (exact) mass is 247 g/mol. The fraction of sp³-hybridized carbons (Fsp3) is 0.385. The van der Waals surface area contributed by atoms with Gasteiger partial charge in [0.1, 0.15) is 10.0 Å². The van der Waals surface area contributed by atoms with E-state index in [0.29, 0.717) is 0 Å². The second-order valence-electron chi connectivity index (χ2n) is 4.73. The normalized spacial score (nSPS) is 13.6. The summed E-state index contributed by atoms with van der Waals surface area (Å²) in [7, 11) is 0. The van der Waals surface area contributed by atoms with Gasteiger partial charge >= 0.3 is 0 Å². The van der Waals surface area contributed by atoms with Crippen molar-refractivity contribution in [2.45, 2.75) is 32.2 Å². The van der Waals surface area contributed by atoms with Crippen LogP contribution in [0, 0.1) is 0 Å². The first-order valence-corrected chi connectivity index (χ1v) is 6.48. The Bertz CT molecular complexity index is 488. The number of benzene rings is 1. The second-order valence-corrected chi connectivity index (χ2v) is 5.73. The number of nitrogens with zero attached hydrogens (tertiary/aromatic N) is 2. The minimum atomic E-state index is -0.119. The molecule has 90 valence electrons. The molecule has 1 atom stereocenters. The second kappa shape index (κ2) is 4.55. The van der Waals surface area contributed by atoms with Crippen LogP contribution in [0.15, 0.2) is 30.3 Å². The first-order valence-electron chi connectivity index (χ1n) is 5.67. The first kappa shape index (κ1) is 12.2. The molecule has 0 fully saturated rings. The van der Waals surface area contributed by atoms with Crippen molar-refractivity contribution in [3.05, 3.63) is 45.9 Å². The molecule has 1 aromatic carbocycles. The number of hydrogen-bond donors (Lipinski definition) is 1. The van der Waals surface area contributed by atoms with Gasteiger partial charge in [0.2, 0.25) is 0 Å². The number of hydrogen-bond acceptors (Lipinski definition) is 4. The summed E-state index contributed by atoms with van der Waals surface area (Å²) in [6.07, 6.45) is 0. The molecule has 0 bridgehead atoms. The van der Waals surface area contributed by atoms with Gasteiger partial charge in [0.15, 0.2) is 0 Å². The summed E-state index contributed by atoms with van der Waals surface area (Å²) in [5, 5.41) is 10.3. The van der Waals surface area contributed by atoms with Crippen LogP contribution in [0.1, 0.15) is 42.4 Å². The molecule has 0 radical (unpaired) electrons. The quantitative estimate of drug-likeness (QED) is 0.907. The van der Waals surface area contributed by atoms with Gasteiger partial charge < -0.3 is 5.73 Å². The lowest BCUT2D eigenvalue weighted by atomic mass is 9.85. The van der Waals surface area contributed by atoms with Gasteiger partial charge in [-0.15, -0.1) is 10.2 Å². The lowest BCUT2D eigenvalue weighted by molar-refractivity contribution is 0.624. The number of aromatic nitrogens is 2. The summed E-state index contributed by atoms with van der Waals surface area (Å²) in [5.74, 6) is 0. The molecule has 1 heterocycles. The van der Waals surface area contributed by atoms with Crippen molar-refractivity contribution in [3.8, 4) is 0 Å². The Labute approximate surface area is 106 Å². The minimum absolute atomic E-state index is 0.0483. The maximum Gasteiger partial charge on any atom is 0.133 e. The third-order valence-electron chi connectivity index (χ3n) is 2.86. The van der Waals surface area contributed by atoms with E-state index in [1.807, 2.05) is 25.1 Å². The smallest absolute Gasteiger partial charge is 0.133 e. The topological polar surface area (TPSA) is 51.8 Å². The van der Waals surface area contributed by atoms with E-state index in [-0.39, 0.29) is 11.5 Å². The van der Waals surface area contributed by atoms with Crippen LogP contribution in [0.2, 0.25) is 0 Å². The van der Waals surface area contributed by atoms with Gasteiger partial charge in [-0.3, -0.25) is 0 Å². The van der Waals surface area contributed by atoms with Crippen molar-refractivity contribution in [2.75, 3.05) is 0 Å². The molecule has 4 heteroatoms. The molecule has 0 saturated carbocycles.